The minimum atomic E-state index is -0.131. The molecule has 0 aliphatic heterocycles. The molecule has 130 valence electrons. The molecule has 3 aromatic rings. The van der Waals surface area contributed by atoms with E-state index in [-0.39, 0.29) is 11.7 Å². The van der Waals surface area contributed by atoms with Crippen LogP contribution in [0.15, 0.2) is 23.4 Å². The Labute approximate surface area is 153 Å². The van der Waals surface area contributed by atoms with Crippen LogP contribution in [0.1, 0.15) is 21.7 Å². The lowest BCUT2D eigenvalue weighted by Crippen LogP contribution is -2.14. The maximum absolute atomic E-state index is 12.1. The van der Waals surface area contributed by atoms with Crippen LogP contribution in [0, 0.1) is 27.7 Å². The Bertz CT molecular complexity index is 898. The summed E-state index contributed by atoms with van der Waals surface area (Å²) in [6.45, 7) is 8.01. The molecule has 0 radical (unpaired) electrons. The number of nitrogens with one attached hydrogen (secondary N) is 1. The van der Waals surface area contributed by atoms with E-state index in [2.05, 4.69) is 32.7 Å². The van der Waals surface area contributed by atoms with Crippen molar-refractivity contribution in [3.8, 4) is 5.69 Å². The molecule has 3 rings (SSSR count). The topological polar surface area (TPSA) is 85.6 Å². The Balaban J connectivity index is 1.67. The van der Waals surface area contributed by atoms with Crippen molar-refractivity contribution in [2.75, 3.05) is 11.1 Å². The summed E-state index contributed by atoms with van der Waals surface area (Å²) in [6, 6.07) is 6.02. The smallest absolute Gasteiger partial charge is 0.236 e. The van der Waals surface area contributed by atoms with Gasteiger partial charge >= 0.3 is 0 Å². The highest BCUT2D eigenvalue weighted by atomic mass is 32.2. The fraction of sp³-hybridized carbons (Fsp3) is 0.312. The van der Waals surface area contributed by atoms with Gasteiger partial charge in [-0.2, -0.15) is 4.68 Å². The van der Waals surface area contributed by atoms with E-state index in [0.29, 0.717) is 10.3 Å². The average molecular weight is 374 g/mol. The number of amides is 1. The Kier molecular flexibility index (Phi) is 5.14. The van der Waals surface area contributed by atoms with Crippen molar-refractivity contribution in [3.05, 3.63) is 39.9 Å². The number of tetrazole rings is 1. The quantitative estimate of drug-likeness (QED) is 0.691. The molecule has 0 saturated heterocycles. The molecule has 7 nitrogen and oxygen atoms in total. The first-order valence-electron chi connectivity index (χ1n) is 7.66. The maximum atomic E-state index is 12.1. The number of carbonyl (C=O) groups excluding carboxylic acids is 1. The molecule has 1 aromatic carbocycles. The van der Waals surface area contributed by atoms with E-state index in [9.17, 15) is 4.79 Å². The molecule has 0 saturated carbocycles. The van der Waals surface area contributed by atoms with Crippen molar-refractivity contribution in [2.45, 2.75) is 32.9 Å². The van der Waals surface area contributed by atoms with Crippen LogP contribution in [0.5, 0.6) is 0 Å². The van der Waals surface area contributed by atoms with E-state index >= 15 is 0 Å². The molecular weight excluding hydrogens is 356 g/mol. The van der Waals surface area contributed by atoms with Gasteiger partial charge in [-0.3, -0.25) is 4.79 Å². The van der Waals surface area contributed by atoms with Crippen LogP contribution in [0.25, 0.3) is 5.69 Å². The van der Waals surface area contributed by atoms with Crippen LogP contribution in [0.2, 0.25) is 0 Å². The number of hydrogen-bond donors (Lipinski definition) is 1. The van der Waals surface area contributed by atoms with Gasteiger partial charge < -0.3 is 5.32 Å². The Morgan fingerprint density at radius 3 is 2.72 bits per heavy atom. The number of nitrogens with zero attached hydrogens (tertiary/aromatic N) is 5. The molecule has 25 heavy (non-hydrogen) atoms. The van der Waals surface area contributed by atoms with Gasteiger partial charge in [0.1, 0.15) is 0 Å². The minimum absolute atomic E-state index is 0.131. The first-order valence-corrected chi connectivity index (χ1v) is 9.47. The summed E-state index contributed by atoms with van der Waals surface area (Å²) in [4.78, 5) is 17.5. The predicted molar refractivity (Wildman–Crippen MR) is 99.6 cm³/mol. The lowest BCUT2D eigenvalue weighted by molar-refractivity contribution is -0.113. The largest absolute Gasteiger partial charge is 0.301 e. The summed E-state index contributed by atoms with van der Waals surface area (Å²) in [5, 5.41) is 15.8. The third kappa shape index (κ3) is 4.05. The number of rotatable bonds is 5. The van der Waals surface area contributed by atoms with E-state index in [0.717, 1.165) is 21.8 Å². The van der Waals surface area contributed by atoms with Crippen LogP contribution in [-0.4, -0.2) is 36.9 Å². The van der Waals surface area contributed by atoms with Crippen molar-refractivity contribution < 1.29 is 4.79 Å². The van der Waals surface area contributed by atoms with E-state index in [1.54, 1.807) is 4.68 Å². The number of anilines is 1. The van der Waals surface area contributed by atoms with Gasteiger partial charge in [0.2, 0.25) is 11.1 Å². The molecule has 2 heterocycles. The van der Waals surface area contributed by atoms with Crippen LogP contribution < -0.4 is 5.32 Å². The van der Waals surface area contributed by atoms with Crippen LogP contribution >= 0.6 is 23.1 Å². The summed E-state index contributed by atoms with van der Waals surface area (Å²) in [5.41, 5.74) is 4.18. The van der Waals surface area contributed by atoms with Crippen LogP contribution in [-0.2, 0) is 4.79 Å². The highest BCUT2D eigenvalue weighted by molar-refractivity contribution is 7.99. The van der Waals surface area contributed by atoms with E-state index in [1.807, 2.05) is 39.0 Å². The highest BCUT2D eigenvalue weighted by Crippen LogP contribution is 2.23. The minimum Gasteiger partial charge on any atom is -0.301 e. The monoisotopic (exact) mass is 374 g/mol. The molecule has 0 atom stereocenters. The van der Waals surface area contributed by atoms with Gasteiger partial charge in [0.15, 0.2) is 5.13 Å². The Hall–Kier alpha value is -2.26. The molecule has 1 amide bonds. The van der Waals surface area contributed by atoms with Crippen molar-refractivity contribution in [1.82, 2.24) is 25.2 Å². The predicted octanol–water partition coefficient (Wildman–Crippen LogP) is 3.08. The lowest BCUT2D eigenvalue weighted by Gasteiger charge is -2.06. The van der Waals surface area contributed by atoms with E-state index < -0.39 is 0 Å². The van der Waals surface area contributed by atoms with Crippen LogP contribution in [0.4, 0.5) is 5.13 Å². The van der Waals surface area contributed by atoms with Crippen LogP contribution in [0.3, 0.4) is 0 Å². The van der Waals surface area contributed by atoms with E-state index in [4.69, 9.17) is 0 Å². The van der Waals surface area contributed by atoms with E-state index in [1.165, 1.54) is 28.7 Å². The average Bonchev–Trinajstić information content (AvgIpc) is 3.15. The van der Waals surface area contributed by atoms with Gasteiger partial charge in [0.05, 0.1) is 17.1 Å². The normalized spacial score (nSPS) is 10.9. The second-order valence-electron chi connectivity index (χ2n) is 5.64. The summed E-state index contributed by atoms with van der Waals surface area (Å²) < 4.78 is 1.64. The summed E-state index contributed by atoms with van der Waals surface area (Å²) in [6.07, 6.45) is 0. The number of aryl methyl sites for hydroxylation is 4. The highest BCUT2D eigenvalue weighted by Gasteiger charge is 2.13. The van der Waals surface area contributed by atoms with Crippen molar-refractivity contribution in [2.24, 2.45) is 0 Å². The first kappa shape index (κ1) is 17.6. The zero-order valence-electron chi connectivity index (χ0n) is 14.4. The second-order valence-corrected chi connectivity index (χ2v) is 7.78. The van der Waals surface area contributed by atoms with Gasteiger partial charge in [0, 0.05) is 4.88 Å². The lowest BCUT2D eigenvalue weighted by atomic mass is 10.1. The maximum Gasteiger partial charge on any atom is 0.236 e. The molecule has 0 unspecified atom stereocenters. The number of carbonyl (C=O) groups is 1. The SMILES string of the molecule is Cc1ccc(-n2nnnc2SCC(=O)Nc2nc(C)c(C)s2)cc1C. The van der Waals surface area contributed by atoms with Gasteiger partial charge in [-0.15, -0.1) is 16.4 Å². The molecule has 9 heteroatoms. The number of thioether (sulfide) groups is 1. The molecule has 0 aliphatic carbocycles. The number of hydrogen-bond acceptors (Lipinski definition) is 7. The standard InChI is InChI=1S/C16H18N6OS2/c1-9-5-6-13(7-10(9)2)22-16(19-20-21-22)24-8-14(23)18-15-17-11(3)12(4)25-15/h5-7H,8H2,1-4H3,(H,17,18,23). The van der Waals surface area contributed by atoms with Gasteiger partial charge in [-0.1, -0.05) is 17.8 Å². The second kappa shape index (κ2) is 7.32. The number of benzene rings is 1. The summed E-state index contributed by atoms with van der Waals surface area (Å²) in [7, 11) is 0. The molecule has 2 aromatic heterocycles. The fourth-order valence-electron chi connectivity index (χ4n) is 2.10. The van der Waals surface area contributed by atoms with Gasteiger partial charge in [-0.05, 0) is 61.4 Å². The molecule has 0 spiro atoms. The Morgan fingerprint density at radius 1 is 1.24 bits per heavy atom. The van der Waals surface area contributed by atoms with Gasteiger partial charge in [0.25, 0.3) is 0 Å². The number of thiazole rings is 1. The van der Waals surface area contributed by atoms with Crippen molar-refractivity contribution >= 4 is 34.1 Å². The summed E-state index contributed by atoms with van der Waals surface area (Å²) >= 11 is 2.76. The molecule has 0 bridgehead atoms. The van der Waals surface area contributed by atoms with Crippen molar-refractivity contribution in [3.63, 3.8) is 0 Å². The molecule has 0 aliphatic rings. The molecule has 0 fully saturated rings. The number of aromatic nitrogens is 5. The first-order chi connectivity index (χ1) is 11.9. The Morgan fingerprint density at radius 2 is 2.04 bits per heavy atom. The third-order valence-electron chi connectivity index (χ3n) is 3.78. The molecular formula is C16H18N6OS2. The molecule has 1 N–H and O–H groups in total. The fourth-order valence-corrected chi connectivity index (χ4v) is 3.62. The van der Waals surface area contributed by atoms with Gasteiger partial charge in [-0.25, -0.2) is 4.98 Å². The summed E-state index contributed by atoms with van der Waals surface area (Å²) in [5.74, 6) is 0.0801. The zero-order chi connectivity index (χ0) is 18.0. The van der Waals surface area contributed by atoms with Crippen molar-refractivity contribution in [1.29, 1.82) is 0 Å². The zero-order valence-corrected chi connectivity index (χ0v) is 16.0. The third-order valence-corrected chi connectivity index (χ3v) is 5.69.